The molecule has 0 aliphatic rings. The van der Waals surface area contributed by atoms with Gasteiger partial charge in [0.1, 0.15) is 6.61 Å². The fraction of sp³-hybridized carbons (Fsp3) is 0.667. The van der Waals surface area contributed by atoms with Crippen molar-refractivity contribution in [2.75, 3.05) is 6.61 Å². The predicted octanol–water partition coefficient (Wildman–Crippen LogP) is 2.29. The maximum Gasteiger partial charge on any atom is 0.191 e. The molecule has 0 spiro atoms. The average molecular weight is 224 g/mol. The van der Waals surface area contributed by atoms with Gasteiger partial charge in [-0.1, -0.05) is 6.92 Å². The van der Waals surface area contributed by atoms with E-state index in [1.807, 2.05) is 20.8 Å². The highest BCUT2D eigenvalue weighted by Gasteiger charge is 2.15. The Balaban J connectivity index is 2.53. The van der Waals surface area contributed by atoms with Crippen LogP contribution in [0.5, 0.6) is 0 Å². The van der Waals surface area contributed by atoms with Crippen molar-refractivity contribution in [3.05, 3.63) is 18.0 Å². The summed E-state index contributed by atoms with van der Waals surface area (Å²) >= 11 is 0. The van der Waals surface area contributed by atoms with Crippen LogP contribution in [-0.2, 0) is 11.3 Å². The van der Waals surface area contributed by atoms with Crippen LogP contribution in [0.25, 0.3) is 0 Å². The summed E-state index contributed by atoms with van der Waals surface area (Å²) in [6, 6.07) is 0. The largest absolute Gasteiger partial charge is 0.368 e. The first kappa shape index (κ1) is 12.9. The summed E-state index contributed by atoms with van der Waals surface area (Å²) < 4.78 is 7.21. The van der Waals surface area contributed by atoms with Gasteiger partial charge in [-0.2, -0.15) is 5.10 Å². The molecule has 0 fully saturated rings. The molecule has 0 atom stereocenters. The van der Waals surface area contributed by atoms with Gasteiger partial charge in [0.05, 0.1) is 17.4 Å². The first-order chi connectivity index (χ1) is 7.42. The Labute approximate surface area is 96.6 Å². The summed E-state index contributed by atoms with van der Waals surface area (Å²) in [5.41, 5.74) is 0.340. The van der Waals surface area contributed by atoms with E-state index in [1.54, 1.807) is 17.1 Å². The molecule has 0 saturated carbocycles. The van der Waals surface area contributed by atoms with E-state index < -0.39 is 0 Å². The molecule has 0 aliphatic heterocycles. The molecule has 90 valence electrons. The zero-order valence-corrected chi connectivity index (χ0v) is 10.5. The van der Waals surface area contributed by atoms with Gasteiger partial charge >= 0.3 is 0 Å². The van der Waals surface area contributed by atoms with Crippen LogP contribution in [0.2, 0.25) is 0 Å². The van der Waals surface area contributed by atoms with Gasteiger partial charge in [0.2, 0.25) is 0 Å². The number of carbonyl (C=O) groups is 1. The number of aromatic nitrogens is 2. The van der Waals surface area contributed by atoms with Crippen LogP contribution in [0.3, 0.4) is 0 Å². The highest BCUT2D eigenvalue weighted by atomic mass is 16.5. The number of ketones is 1. The summed E-state index contributed by atoms with van der Waals surface area (Å²) in [6.07, 6.45) is 4.38. The summed E-state index contributed by atoms with van der Waals surface area (Å²) in [7, 11) is 0. The van der Waals surface area contributed by atoms with Gasteiger partial charge in [0, 0.05) is 12.7 Å². The van der Waals surface area contributed by atoms with E-state index in [0.717, 1.165) is 13.0 Å². The molecule has 0 unspecified atom stereocenters. The average Bonchev–Trinajstić information content (AvgIpc) is 2.62. The van der Waals surface area contributed by atoms with Crippen molar-refractivity contribution in [3.63, 3.8) is 0 Å². The number of rotatable bonds is 5. The second kappa shape index (κ2) is 5.25. The Morgan fingerprint density at radius 2 is 2.19 bits per heavy atom. The van der Waals surface area contributed by atoms with Crippen molar-refractivity contribution in [2.45, 2.75) is 46.3 Å². The molecular formula is C12H20N2O2. The smallest absolute Gasteiger partial charge is 0.191 e. The van der Waals surface area contributed by atoms with Crippen molar-refractivity contribution < 1.29 is 9.53 Å². The number of hydrogen-bond donors (Lipinski definition) is 0. The highest BCUT2D eigenvalue weighted by molar-refractivity contribution is 5.96. The van der Waals surface area contributed by atoms with E-state index in [-0.39, 0.29) is 18.0 Å². The van der Waals surface area contributed by atoms with Gasteiger partial charge in [-0.15, -0.1) is 0 Å². The molecule has 1 aromatic rings. The summed E-state index contributed by atoms with van der Waals surface area (Å²) in [5, 5.41) is 4.11. The summed E-state index contributed by atoms with van der Waals surface area (Å²) in [5.74, 6) is -0.0164. The van der Waals surface area contributed by atoms with Gasteiger partial charge in [-0.3, -0.25) is 9.48 Å². The normalized spacial score (nSPS) is 11.8. The number of Topliss-reactive ketones (excluding diaryl/α,β-unsaturated/α-hetero) is 1. The minimum Gasteiger partial charge on any atom is -0.368 e. The molecule has 0 amide bonds. The lowest BCUT2D eigenvalue weighted by Gasteiger charge is -2.18. The summed E-state index contributed by atoms with van der Waals surface area (Å²) in [6.45, 7) is 8.82. The van der Waals surface area contributed by atoms with Gasteiger partial charge in [0.15, 0.2) is 5.78 Å². The lowest BCUT2D eigenvalue weighted by molar-refractivity contribution is 0.00306. The predicted molar refractivity (Wildman–Crippen MR) is 62.6 cm³/mol. The molecule has 4 heteroatoms. The van der Waals surface area contributed by atoms with Gasteiger partial charge in [0.25, 0.3) is 0 Å². The quantitative estimate of drug-likeness (QED) is 0.721. The molecule has 1 heterocycles. The third-order valence-electron chi connectivity index (χ3n) is 2.04. The summed E-state index contributed by atoms with van der Waals surface area (Å²) in [4.78, 5) is 11.7. The maximum absolute atomic E-state index is 11.7. The lowest BCUT2D eigenvalue weighted by Crippen LogP contribution is -2.23. The number of nitrogens with zero attached hydrogens (tertiary/aromatic N) is 2. The van der Waals surface area contributed by atoms with E-state index in [2.05, 4.69) is 12.0 Å². The van der Waals surface area contributed by atoms with Crippen molar-refractivity contribution in [2.24, 2.45) is 0 Å². The van der Waals surface area contributed by atoms with E-state index >= 15 is 0 Å². The van der Waals surface area contributed by atoms with E-state index in [9.17, 15) is 4.79 Å². The van der Waals surface area contributed by atoms with Crippen molar-refractivity contribution in [3.8, 4) is 0 Å². The third-order valence-corrected chi connectivity index (χ3v) is 2.04. The van der Waals surface area contributed by atoms with E-state index in [0.29, 0.717) is 5.56 Å². The zero-order valence-electron chi connectivity index (χ0n) is 10.5. The highest BCUT2D eigenvalue weighted by Crippen LogP contribution is 2.08. The standard InChI is InChI=1S/C12H20N2O2/c1-5-6-14-8-10(7-13-14)11(15)9-16-12(2,3)4/h7-8H,5-6,9H2,1-4H3. The monoisotopic (exact) mass is 224 g/mol. The van der Waals surface area contributed by atoms with Crippen LogP contribution < -0.4 is 0 Å². The molecule has 1 aromatic heterocycles. The molecule has 0 N–H and O–H groups in total. The Morgan fingerprint density at radius 3 is 2.75 bits per heavy atom. The van der Waals surface area contributed by atoms with Crippen LogP contribution in [0.4, 0.5) is 0 Å². The molecule has 16 heavy (non-hydrogen) atoms. The van der Waals surface area contributed by atoms with Crippen LogP contribution in [0, 0.1) is 0 Å². The zero-order chi connectivity index (χ0) is 12.2. The number of hydrogen-bond acceptors (Lipinski definition) is 3. The Morgan fingerprint density at radius 1 is 1.50 bits per heavy atom. The SMILES string of the molecule is CCCn1cc(C(=O)COC(C)(C)C)cn1. The molecule has 0 bridgehead atoms. The topological polar surface area (TPSA) is 44.1 Å². The Hall–Kier alpha value is -1.16. The minimum atomic E-state index is -0.283. The maximum atomic E-state index is 11.7. The van der Waals surface area contributed by atoms with Crippen LogP contribution in [0.1, 0.15) is 44.5 Å². The first-order valence-corrected chi connectivity index (χ1v) is 5.62. The first-order valence-electron chi connectivity index (χ1n) is 5.62. The van der Waals surface area contributed by atoms with Gasteiger partial charge in [-0.25, -0.2) is 0 Å². The van der Waals surface area contributed by atoms with Crippen molar-refractivity contribution in [1.82, 2.24) is 9.78 Å². The van der Waals surface area contributed by atoms with Crippen molar-refractivity contribution >= 4 is 5.78 Å². The number of ether oxygens (including phenoxy) is 1. The second-order valence-corrected chi connectivity index (χ2v) is 4.82. The third kappa shape index (κ3) is 4.14. The van der Waals surface area contributed by atoms with Crippen LogP contribution >= 0.6 is 0 Å². The van der Waals surface area contributed by atoms with Crippen molar-refractivity contribution in [1.29, 1.82) is 0 Å². The molecule has 0 radical (unpaired) electrons. The second-order valence-electron chi connectivity index (χ2n) is 4.82. The molecular weight excluding hydrogens is 204 g/mol. The minimum absolute atomic E-state index is 0.0164. The van der Waals surface area contributed by atoms with Crippen LogP contribution in [-0.4, -0.2) is 27.8 Å². The molecule has 1 rings (SSSR count). The number of carbonyl (C=O) groups excluding carboxylic acids is 1. The molecule has 0 aliphatic carbocycles. The molecule has 0 saturated heterocycles. The fourth-order valence-electron chi connectivity index (χ4n) is 1.22. The Kier molecular flexibility index (Phi) is 4.24. The van der Waals surface area contributed by atoms with Gasteiger partial charge in [-0.05, 0) is 27.2 Å². The number of aryl methyl sites for hydroxylation is 1. The Bertz CT molecular complexity index is 350. The molecule has 0 aromatic carbocycles. The van der Waals surface area contributed by atoms with Gasteiger partial charge < -0.3 is 4.74 Å². The lowest BCUT2D eigenvalue weighted by atomic mass is 10.2. The van der Waals surface area contributed by atoms with Crippen LogP contribution in [0.15, 0.2) is 12.4 Å². The van der Waals surface area contributed by atoms with E-state index in [1.165, 1.54) is 0 Å². The fourth-order valence-corrected chi connectivity index (χ4v) is 1.22. The van der Waals surface area contributed by atoms with E-state index in [4.69, 9.17) is 4.74 Å². The molecule has 4 nitrogen and oxygen atoms in total.